The summed E-state index contributed by atoms with van der Waals surface area (Å²) in [5.41, 5.74) is 2.56. The van der Waals surface area contributed by atoms with Crippen LogP contribution in [0.1, 0.15) is 15.9 Å². The largest absolute Gasteiger partial charge is 0.383 e. The average Bonchev–Trinajstić information content (AvgIpc) is 2.69. The van der Waals surface area contributed by atoms with E-state index < -0.39 is 0 Å². The maximum Gasteiger partial charge on any atom is 0.255 e. The number of carbonyl (C=O) groups excluding carboxylic acids is 2. The molecule has 0 bridgehead atoms. The third kappa shape index (κ3) is 4.73. The van der Waals surface area contributed by atoms with Gasteiger partial charge in [-0.05, 0) is 30.2 Å². The number of nitrogens with zero attached hydrogens (tertiary/aromatic N) is 3. The molecule has 0 unspecified atom stereocenters. The molecule has 26 heavy (non-hydrogen) atoms. The molecule has 6 nitrogen and oxygen atoms in total. The van der Waals surface area contributed by atoms with Gasteiger partial charge in [-0.15, -0.1) is 0 Å². The number of benzene rings is 1. The fourth-order valence-electron chi connectivity index (χ4n) is 2.87. The summed E-state index contributed by atoms with van der Waals surface area (Å²) in [4.78, 5) is 31.0. The first-order valence-electron chi connectivity index (χ1n) is 8.58. The Morgan fingerprint density at radius 2 is 1.88 bits per heavy atom. The van der Waals surface area contributed by atoms with Crippen molar-refractivity contribution in [1.29, 1.82) is 0 Å². The quantitative estimate of drug-likeness (QED) is 0.790. The smallest absolute Gasteiger partial charge is 0.255 e. The molecule has 0 spiro atoms. The van der Waals surface area contributed by atoms with Crippen molar-refractivity contribution in [1.82, 2.24) is 14.8 Å². The molecule has 0 saturated carbocycles. The number of anilines is 1. The number of carbonyl (C=O) groups is 2. The Balaban J connectivity index is 1.55. The normalized spacial score (nSPS) is 14.2. The highest BCUT2D eigenvalue weighted by atomic mass is 35.5. The van der Waals surface area contributed by atoms with E-state index in [-0.39, 0.29) is 5.91 Å². The van der Waals surface area contributed by atoms with Gasteiger partial charge in [0, 0.05) is 50.1 Å². The van der Waals surface area contributed by atoms with Gasteiger partial charge in [-0.2, -0.15) is 0 Å². The fourth-order valence-corrected chi connectivity index (χ4v) is 2.99. The van der Waals surface area contributed by atoms with Crippen LogP contribution in [0, 0.1) is 0 Å². The van der Waals surface area contributed by atoms with Crippen molar-refractivity contribution in [3.8, 4) is 0 Å². The standard InChI is InChI=1S/C19H21ClN4O2/c20-17-3-1-15(2-4-17)5-6-22-18-11-16(12-21-13-18)19(26)24-9-7-23(14-25)8-10-24/h1-4,11-14,22H,5-10H2. The number of pyridine rings is 1. The summed E-state index contributed by atoms with van der Waals surface area (Å²) in [5, 5.41) is 4.03. The maximum atomic E-state index is 12.6. The fraction of sp³-hybridized carbons (Fsp3) is 0.316. The molecular formula is C19H21ClN4O2. The number of nitrogens with one attached hydrogen (secondary N) is 1. The molecule has 1 aliphatic rings. The summed E-state index contributed by atoms with van der Waals surface area (Å²) in [5.74, 6) is -0.0515. The Hall–Kier alpha value is -2.60. The molecule has 0 aliphatic carbocycles. The van der Waals surface area contributed by atoms with Crippen molar-refractivity contribution >= 4 is 29.6 Å². The average molecular weight is 373 g/mol. The van der Waals surface area contributed by atoms with E-state index in [0.717, 1.165) is 30.1 Å². The predicted octanol–water partition coefficient (Wildman–Crippen LogP) is 2.30. The summed E-state index contributed by atoms with van der Waals surface area (Å²) in [6.07, 6.45) is 4.97. The molecule has 1 N–H and O–H groups in total. The van der Waals surface area contributed by atoms with Crippen LogP contribution in [0.3, 0.4) is 0 Å². The van der Waals surface area contributed by atoms with E-state index in [9.17, 15) is 9.59 Å². The summed E-state index contributed by atoms with van der Waals surface area (Å²) >= 11 is 5.89. The van der Waals surface area contributed by atoms with E-state index in [2.05, 4.69) is 10.3 Å². The van der Waals surface area contributed by atoms with E-state index in [4.69, 9.17) is 11.6 Å². The summed E-state index contributed by atoms with van der Waals surface area (Å²) in [6, 6.07) is 9.58. The van der Waals surface area contributed by atoms with Gasteiger partial charge in [-0.25, -0.2) is 0 Å². The number of rotatable bonds is 6. The van der Waals surface area contributed by atoms with Gasteiger partial charge in [0.05, 0.1) is 11.3 Å². The Labute approximate surface area is 157 Å². The van der Waals surface area contributed by atoms with Gasteiger partial charge in [0.15, 0.2) is 0 Å². The molecule has 136 valence electrons. The molecule has 1 fully saturated rings. The van der Waals surface area contributed by atoms with Crippen LogP contribution in [0.25, 0.3) is 0 Å². The second kappa shape index (κ2) is 8.67. The minimum Gasteiger partial charge on any atom is -0.383 e. The first-order chi connectivity index (χ1) is 12.7. The van der Waals surface area contributed by atoms with Crippen molar-refractivity contribution in [2.24, 2.45) is 0 Å². The Bertz CT molecular complexity index is 758. The molecule has 0 radical (unpaired) electrons. The second-order valence-electron chi connectivity index (χ2n) is 6.20. The Morgan fingerprint density at radius 1 is 1.15 bits per heavy atom. The van der Waals surface area contributed by atoms with Crippen LogP contribution in [-0.4, -0.2) is 59.8 Å². The van der Waals surface area contributed by atoms with Crippen molar-refractivity contribution in [3.05, 3.63) is 58.9 Å². The molecule has 3 rings (SSSR count). The lowest BCUT2D eigenvalue weighted by Gasteiger charge is -2.32. The van der Waals surface area contributed by atoms with Crippen LogP contribution in [0.2, 0.25) is 5.02 Å². The van der Waals surface area contributed by atoms with Crippen LogP contribution in [0.5, 0.6) is 0 Å². The van der Waals surface area contributed by atoms with E-state index in [0.29, 0.717) is 31.7 Å². The van der Waals surface area contributed by atoms with Gasteiger partial charge in [0.2, 0.25) is 6.41 Å². The molecule has 1 saturated heterocycles. The van der Waals surface area contributed by atoms with Crippen molar-refractivity contribution in [2.75, 3.05) is 38.0 Å². The highest BCUT2D eigenvalue weighted by molar-refractivity contribution is 6.30. The third-order valence-electron chi connectivity index (χ3n) is 4.39. The van der Waals surface area contributed by atoms with E-state index in [1.54, 1.807) is 22.2 Å². The predicted molar refractivity (Wildman–Crippen MR) is 101 cm³/mol. The monoisotopic (exact) mass is 372 g/mol. The molecule has 1 aromatic heterocycles. The molecule has 1 aromatic carbocycles. The molecule has 0 atom stereocenters. The van der Waals surface area contributed by atoms with Crippen LogP contribution in [0.15, 0.2) is 42.7 Å². The van der Waals surface area contributed by atoms with E-state index >= 15 is 0 Å². The van der Waals surface area contributed by atoms with Crippen LogP contribution >= 0.6 is 11.6 Å². The van der Waals surface area contributed by atoms with Gasteiger partial charge in [-0.3, -0.25) is 14.6 Å². The SMILES string of the molecule is O=CN1CCN(C(=O)c2cncc(NCCc3ccc(Cl)cc3)c2)CC1. The van der Waals surface area contributed by atoms with Gasteiger partial charge >= 0.3 is 0 Å². The van der Waals surface area contributed by atoms with Crippen molar-refractivity contribution in [3.63, 3.8) is 0 Å². The van der Waals surface area contributed by atoms with E-state index in [1.807, 2.05) is 30.3 Å². The Morgan fingerprint density at radius 3 is 2.58 bits per heavy atom. The Kier molecular flexibility index (Phi) is 6.07. The molecule has 2 heterocycles. The van der Waals surface area contributed by atoms with Gasteiger partial charge in [-0.1, -0.05) is 23.7 Å². The van der Waals surface area contributed by atoms with Gasteiger partial charge in [0.1, 0.15) is 0 Å². The van der Waals surface area contributed by atoms with Crippen LogP contribution in [0.4, 0.5) is 5.69 Å². The van der Waals surface area contributed by atoms with Gasteiger partial charge < -0.3 is 15.1 Å². The molecule has 7 heteroatoms. The zero-order valence-corrected chi connectivity index (χ0v) is 15.2. The van der Waals surface area contributed by atoms with E-state index in [1.165, 1.54) is 5.56 Å². The molecule has 2 amide bonds. The number of piperazine rings is 1. The third-order valence-corrected chi connectivity index (χ3v) is 4.64. The molecule has 1 aliphatic heterocycles. The number of aromatic nitrogens is 1. The molecular weight excluding hydrogens is 352 g/mol. The van der Waals surface area contributed by atoms with Crippen LogP contribution < -0.4 is 5.32 Å². The lowest BCUT2D eigenvalue weighted by atomic mass is 10.1. The maximum absolute atomic E-state index is 12.6. The number of hydrogen-bond acceptors (Lipinski definition) is 4. The highest BCUT2D eigenvalue weighted by Gasteiger charge is 2.21. The highest BCUT2D eigenvalue weighted by Crippen LogP contribution is 2.14. The zero-order chi connectivity index (χ0) is 18.4. The van der Waals surface area contributed by atoms with Crippen molar-refractivity contribution < 1.29 is 9.59 Å². The van der Waals surface area contributed by atoms with Crippen LogP contribution in [-0.2, 0) is 11.2 Å². The zero-order valence-electron chi connectivity index (χ0n) is 14.4. The second-order valence-corrected chi connectivity index (χ2v) is 6.64. The van der Waals surface area contributed by atoms with Crippen molar-refractivity contribution in [2.45, 2.75) is 6.42 Å². The summed E-state index contributed by atoms with van der Waals surface area (Å²) in [6.45, 7) is 2.97. The lowest BCUT2D eigenvalue weighted by molar-refractivity contribution is -0.119. The first kappa shape index (κ1) is 18.2. The summed E-state index contributed by atoms with van der Waals surface area (Å²) in [7, 11) is 0. The van der Waals surface area contributed by atoms with Gasteiger partial charge in [0.25, 0.3) is 5.91 Å². The minimum absolute atomic E-state index is 0.0515. The topological polar surface area (TPSA) is 65.5 Å². The number of halogens is 1. The number of amides is 2. The first-order valence-corrected chi connectivity index (χ1v) is 8.95. The number of hydrogen-bond donors (Lipinski definition) is 1. The lowest BCUT2D eigenvalue weighted by Crippen LogP contribution is -2.48. The summed E-state index contributed by atoms with van der Waals surface area (Å²) < 4.78 is 0. The molecule has 2 aromatic rings. The minimum atomic E-state index is -0.0515.